The van der Waals surface area contributed by atoms with Crippen LogP contribution in [-0.2, 0) is 14.3 Å². The van der Waals surface area contributed by atoms with Crippen molar-refractivity contribution in [2.75, 3.05) is 13.2 Å². The Kier molecular flexibility index (Phi) is 6.39. The second-order valence-electron chi connectivity index (χ2n) is 2.83. The zero-order valence-corrected chi connectivity index (χ0v) is 8.32. The van der Waals surface area contributed by atoms with E-state index in [1.807, 2.05) is 0 Å². The van der Waals surface area contributed by atoms with Gasteiger partial charge in [0, 0.05) is 18.7 Å². The molecule has 0 aliphatic carbocycles. The summed E-state index contributed by atoms with van der Waals surface area (Å²) in [5.41, 5.74) is 0. The van der Waals surface area contributed by atoms with Crippen molar-refractivity contribution in [2.24, 2.45) is 0 Å². The van der Waals surface area contributed by atoms with E-state index in [2.05, 4.69) is 5.32 Å². The van der Waals surface area contributed by atoms with Crippen LogP contribution in [-0.4, -0.2) is 36.2 Å². The molecular weight excluding hydrogens is 186 g/mol. The highest BCUT2D eigenvalue weighted by atomic mass is 16.5. The molecule has 0 atom stereocenters. The Bertz CT molecular complexity index is 223. The molecule has 1 amide bonds. The van der Waals surface area contributed by atoms with Crippen molar-refractivity contribution in [3.63, 3.8) is 0 Å². The summed E-state index contributed by atoms with van der Waals surface area (Å²) in [5, 5.41) is 10.7. The standard InChI is InChI=1S/C9H15NO4/c1-7(2)14-9(13)4-3-8(12)10-5-6-11/h3-4,7,11H,5-6H2,1-2H3,(H,10,12)/b4-3+. The topological polar surface area (TPSA) is 75.6 Å². The summed E-state index contributed by atoms with van der Waals surface area (Å²) in [7, 11) is 0. The average Bonchev–Trinajstić information content (AvgIpc) is 2.10. The van der Waals surface area contributed by atoms with Crippen molar-refractivity contribution < 1.29 is 19.4 Å². The van der Waals surface area contributed by atoms with Gasteiger partial charge in [0.15, 0.2) is 0 Å². The average molecular weight is 201 g/mol. The highest BCUT2D eigenvalue weighted by Crippen LogP contribution is 1.89. The Morgan fingerprint density at radius 2 is 2.07 bits per heavy atom. The van der Waals surface area contributed by atoms with Crippen LogP contribution in [0.5, 0.6) is 0 Å². The van der Waals surface area contributed by atoms with Crippen molar-refractivity contribution >= 4 is 11.9 Å². The van der Waals surface area contributed by atoms with Crippen LogP contribution in [0, 0.1) is 0 Å². The lowest BCUT2D eigenvalue weighted by Crippen LogP contribution is -2.24. The summed E-state index contributed by atoms with van der Waals surface area (Å²) in [4.78, 5) is 21.8. The van der Waals surface area contributed by atoms with Crippen LogP contribution < -0.4 is 5.32 Å². The fourth-order valence-corrected chi connectivity index (χ4v) is 0.653. The van der Waals surface area contributed by atoms with Crippen LogP contribution in [0.1, 0.15) is 13.8 Å². The zero-order valence-electron chi connectivity index (χ0n) is 8.32. The molecule has 0 aromatic heterocycles. The second kappa shape index (κ2) is 7.08. The number of hydrogen-bond acceptors (Lipinski definition) is 4. The number of hydrogen-bond donors (Lipinski definition) is 2. The third-order valence-corrected chi connectivity index (χ3v) is 1.13. The number of ether oxygens (including phenoxy) is 1. The Morgan fingerprint density at radius 1 is 1.43 bits per heavy atom. The number of aliphatic hydroxyl groups is 1. The van der Waals surface area contributed by atoms with Gasteiger partial charge in [0.1, 0.15) is 0 Å². The molecule has 80 valence electrons. The Balaban J connectivity index is 3.79. The van der Waals surface area contributed by atoms with Crippen LogP contribution in [0.25, 0.3) is 0 Å². The van der Waals surface area contributed by atoms with Gasteiger partial charge in [-0.2, -0.15) is 0 Å². The van der Waals surface area contributed by atoms with Crippen molar-refractivity contribution in [1.29, 1.82) is 0 Å². The van der Waals surface area contributed by atoms with E-state index in [4.69, 9.17) is 9.84 Å². The Labute approximate surface area is 82.7 Å². The molecule has 0 fully saturated rings. The maximum Gasteiger partial charge on any atom is 0.331 e. The fourth-order valence-electron chi connectivity index (χ4n) is 0.653. The van der Waals surface area contributed by atoms with Crippen LogP contribution >= 0.6 is 0 Å². The quantitative estimate of drug-likeness (QED) is 0.469. The molecule has 0 saturated heterocycles. The number of carbonyl (C=O) groups excluding carboxylic acids is 2. The Morgan fingerprint density at radius 3 is 2.57 bits per heavy atom. The van der Waals surface area contributed by atoms with Gasteiger partial charge in [-0.15, -0.1) is 0 Å². The van der Waals surface area contributed by atoms with E-state index in [9.17, 15) is 9.59 Å². The summed E-state index contributed by atoms with van der Waals surface area (Å²) < 4.78 is 4.75. The molecule has 0 aliphatic rings. The van der Waals surface area contributed by atoms with Crippen molar-refractivity contribution in [1.82, 2.24) is 5.32 Å². The molecule has 0 spiro atoms. The number of esters is 1. The lowest BCUT2D eigenvalue weighted by atomic mass is 10.4. The first-order valence-corrected chi connectivity index (χ1v) is 4.33. The van der Waals surface area contributed by atoms with Crippen LogP contribution in [0.3, 0.4) is 0 Å². The van der Waals surface area contributed by atoms with Crippen LogP contribution in [0.4, 0.5) is 0 Å². The molecule has 0 bridgehead atoms. The zero-order chi connectivity index (χ0) is 11.0. The van der Waals surface area contributed by atoms with E-state index >= 15 is 0 Å². The van der Waals surface area contributed by atoms with E-state index in [1.54, 1.807) is 13.8 Å². The molecule has 0 rings (SSSR count). The van der Waals surface area contributed by atoms with E-state index in [-0.39, 0.29) is 19.3 Å². The maximum absolute atomic E-state index is 10.9. The van der Waals surface area contributed by atoms with Crippen LogP contribution in [0.15, 0.2) is 12.2 Å². The van der Waals surface area contributed by atoms with E-state index in [1.165, 1.54) is 0 Å². The predicted molar refractivity (Wildman–Crippen MR) is 50.5 cm³/mol. The molecule has 0 unspecified atom stereocenters. The van der Waals surface area contributed by atoms with Gasteiger partial charge in [0.2, 0.25) is 5.91 Å². The van der Waals surface area contributed by atoms with Crippen LogP contribution in [0.2, 0.25) is 0 Å². The summed E-state index contributed by atoms with van der Waals surface area (Å²) in [6.45, 7) is 3.48. The van der Waals surface area contributed by atoms with E-state index in [0.29, 0.717) is 0 Å². The first kappa shape index (κ1) is 12.6. The molecule has 14 heavy (non-hydrogen) atoms. The number of carbonyl (C=O) groups is 2. The van der Waals surface area contributed by atoms with Crippen molar-refractivity contribution in [2.45, 2.75) is 20.0 Å². The summed E-state index contributed by atoms with van der Waals surface area (Å²) in [5.74, 6) is -0.987. The van der Waals surface area contributed by atoms with Gasteiger partial charge in [-0.25, -0.2) is 4.79 Å². The number of aliphatic hydroxyl groups excluding tert-OH is 1. The SMILES string of the molecule is CC(C)OC(=O)/C=C/C(=O)NCCO. The minimum Gasteiger partial charge on any atom is -0.460 e. The summed E-state index contributed by atoms with van der Waals surface area (Å²) in [6, 6.07) is 0. The van der Waals surface area contributed by atoms with Gasteiger partial charge in [-0.1, -0.05) is 0 Å². The molecule has 0 heterocycles. The molecule has 0 radical (unpaired) electrons. The monoisotopic (exact) mass is 201 g/mol. The molecule has 0 aromatic rings. The van der Waals surface area contributed by atoms with Gasteiger partial charge in [-0.05, 0) is 13.8 Å². The molecular formula is C9H15NO4. The number of nitrogens with one attached hydrogen (secondary N) is 1. The molecule has 0 aliphatic heterocycles. The highest BCUT2D eigenvalue weighted by Gasteiger charge is 2.01. The van der Waals surface area contributed by atoms with Crippen molar-refractivity contribution in [3.05, 3.63) is 12.2 Å². The highest BCUT2D eigenvalue weighted by molar-refractivity contribution is 5.94. The number of amides is 1. The molecule has 5 nitrogen and oxygen atoms in total. The third-order valence-electron chi connectivity index (χ3n) is 1.13. The summed E-state index contributed by atoms with van der Waals surface area (Å²) >= 11 is 0. The summed E-state index contributed by atoms with van der Waals surface area (Å²) in [6.07, 6.45) is 1.92. The van der Waals surface area contributed by atoms with E-state index < -0.39 is 11.9 Å². The van der Waals surface area contributed by atoms with Gasteiger partial charge in [0.25, 0.3) is 0 Å². The van der Waals surface area contributed by atoms with Gasteiger partial charge in [-0.3, -0.25) is 4.79 Å². The first-order chi connectivity index (χ1) is 6.56. The molecule has 5 heteroatoms. The largest absolute Gasteiger partial charge is 0.460 e. The fraction of sp³-hybridized carbons (Fsp3) is 0.556. The molecule has 2 N–H and O–H groups in total. The lowest BCUT2D eigenvalue weighted by Gasteiger charge is -2.03. The van der Waals surface area contributed by atoms with Gasteiger partial charge >= 0.3 is 5.97 Å². The number of rotatable bonds is 5. The van der Waals surface area contributed by atoms with Gasteiger partial charge in [0.05, 0.1) is 12.7 Å². The van der Waals surface area contributed by atoms with Crippen molar-refractivity contribution in [3.8, 4) is 0 Å². The second-order valence-corrected chi connectivity index (χ2v) is 2.83. The lowest BCUT2D eigenvalue weighted by molar-refractivity contribution is -0.141. The molecule has 0 aromatic carbocycles. The van der Waals surface area contributed by atoms with E-state index in [0.717, 1.165) is 12.2 Å². The smallest absolute Gasteiger partial charge is 0.331 e. The first-order valence-electron chi connectivity index (χ1n) is 4.33. The minimum atomic E-state index is -0.556. The predicted octanol–water partition coefficient (Wildman–Crippen LogP) is -0.397. The normalized spacial score (nSPS) is 10.6. The third kappa shape index (κ3) is 7.30. The minimum absolute atomic E-state index is 0.129. The maximum atomic E-state index is 10.9. The van der Waals surface area contributed by atoms with Gasteiger partial charge < -0.3 is 15.2 Å². The Hall–Kier alpha value is -1.36. The molecule has 0 saturated carbocycles.